The zero-order chi connectivity index (χ0) is 26.8. The molecule has 4 N–H and O–H groups in total. The second kappa shape index (κ2) is 10.7. The van der Waals surface area contributed by atoms with Crippen LogP contribution >= 0.6 is 0 Å². The van der Waals surface area contributed by atoms with Gasteiger partial charge in [0.25, 0.3) is 5.91 Å². The highest BCUT2D eigenvalue weighted by atomic mass is 19.4. The first-order valence-electron chi connectivity index (χ1n) is 12.9. The number of ether oxygens (including phenoxy) is 1. The third-order valence-corrected chi connectivity index (χ3v) is 7.38. The second-order valence-corrected chi connectivity index (χ2v) is 10.5. The molecule has 0 spiro atoms. The van der Waals surface area contributed by atoms with Crippen LogP contribution < -0.4 is 20.7 Å². The first kappa shape index (κ1) is 27.0. The summed E-state index contributed by atoms with van der Waals surface area (Å²) in [6.07, 6.45) is 1.46. The van der Waals surface area contributed by atoms with E-state index in [9.17, 15) is 18.0 Å². The van der Waals surface area contributed by atoms with E-state index in [0.29, 0.717) is 30.1 Å². The monoisotopic (exact) mass is 516 g/mol. The van der Waals surface area contributed by atoms with Crippen molar-refractivity contribution in [1.82, 2.24) is 5.32 Å². The number of amides is 1. The Morgan fingerprint density at radius 2 is 2.00 bits per heavy atom. The minimum Gasteiger partial charge on any atom is -0.474 e. The number of carbonyl (C=O) groups excluding carboxylic acids is 1. The number of unbranched alkanes of at least 4 members (excludes halogenated alkanes) is 2. The molecule has 2 aliphatic heterocycles. The number of carbonyl (C=O) groups is 1. The Labute approximate surface area is 215 Å². The number of rotatable bonds is 8. The SMILES string of the molecule is C[C@H]1CCC[C@@](C)(CCCCCN2C(=O)C(c3cccc(C(=N)N)c3)Oc3ccc(C(F)(F)F)cc32)N1. The maximum atomic E-state index is 13.6. The van der Waals surface area contributed by atoms with Gasteiger partial charge in [-0.2, -0.15) is 13.2 Å². The molecule has 2 aromatic rings. The lowest BCUT2D eigenvalue weighted by Gasteiger charge is -2.39. The number of fused-ring (bicyclic) bond motifs is 1. The number of piperidine rings is 1. The van der Waals surface area contributed by atoms with Crippen LogP contribution in [0.15, 0.2) is 42.5 Å². The number of amidine groups is 1. The molecular weight excluding hydrogens is 481 g/mol. The van der Waals surface area contributed by atoms with Gasteiger partial charge in [-0.3, -0.25) is 10.2 Å². The number of nitrogen functional groups attached to an aromatic ring is 1. The number of hydrogen-bond donors (Lipinski definition) is 3. The third-order valence-electron chi connectivity index (χ3n) is 7.38. The van der Waals surface area contributed by atoms with E-state index in [1.165, 1.54) is 23.8 Å². The summed E-state index contributed by atoms with van der Waals surface area (Å²) in [7, 11) is 0. The fraction of sp³-hybridized carbons (Fsp3) is 0.500. The number of halogens is 3. The van der Waals surface area contributed by atoms with Gasteiger partial charge in [-0.05, 0) is 63.8 Å². The Balaban J connectivity index is 1.52. The van der Waals surface area contributed by atoms with E-state index in [0.717, 1.165) is 37.8 Å². The van der Waals surface area contributed by atoms with E-state index < -0.39 is 23.8 Å². The summed E-state index contributed by atoms with van der Waals surface area (Å²) in [5.41, 5.74) is 5.96. The summed E-state index contributed by atoms with van der Waals surface area (Å²) in [6, 6.07) is 10.4. The van der Waals surface area contributed by atoms with E-state index in [4.69, 9.17) is 15.9 Å². The molecule has 3 atom stereocenters. The average molecular weight is 517 g/mol. The number of benzene rings is 2. The van der Waals surface area contributed by atoms with Crippen molar-refractivity contribution in [3.05, 3.63) is 59.2 Å². The van der Waals surface area contributed by atoms with Crippen LogP contribution in [-0.4, -0.2) is 29.9 Å². The number of alkyl halides is 3. The van der Waals surface area contributed by atoms with Gasteiger partial charge < -0.3 is 20.7 Å². The van der Waals surface area contributed by atoms with Crippen LogP contribution in [0.2, 0.25) is 0 Å². The molecule has 1 unspecified atom stereocenters. The first-order chi connectivity index (χ1) is 17.5. The number of nitrogens with one attached hydrogen (secondary N) is 2. The minimum absolute atomic E-state index is 0.105. The Kier molecular flexibility index (Phi) is 7.83. The molecule has 1 amide bonds. The van der Waals surface area contributed by atoms with Gasteiger partial charge in [0.2, 0.25) is 6.10 Å². The molecule has 2 heterocycles. The van der Waals surface area contributed by atoms with E-state index in [1.54, 1.807) is 24.3 Å². The van der Waals surface area contributed by atoms with Crippen LogP contribution in [0.4, 0.5) is 18.9 Å². The predicted molar refractivity (Wildman–Crippen MR) is 138 cm³/mol. The van der Waals surface area contributed by atoms with Crippen LogP contribution in [-0.2, 0) is 11.0 Å². The second-order valence-electron chi connectivity index (χ2n) is 10.5. The molecule has 0 bridgehead atoms. The van der Waals surface area contributed by atoms with Gasteiger partial charge in [-0.25, -0.2) is 0 Å². The maximum Gasteiger partial charge on any atom is 0.416 e. The molecule has 200 valence electrons. The molecule has 1 fully saturated rings. The summed E-state index contributed by atoms with van der Waals surface area (Å²) in [6.45, 7) is 4.75. The quantitative estimate of drug-likeness (QED) is 0.230. The van der Waals surface area contributed by atoms with Crippen LogP contribution in [0.3, 0.4) is 0 Å². The van der Waals surface area contributed by atoms with Crippen LogP contribution in [0, 0.1) is 5.41 Å². The lowest BCUT2D eigenvalue weighted by atomic mass is 9.84. The van der Waals surface area contributed by atoms with E-state index in [1.807, 2.05) is 0 Å². The Morgan fingerprint density at radius 1 is 1.22 bits per heavy atom. The molecule has 2 aliphatic rings. The van der Waals surface area contributed by atoms with Crippen molar-refractivity contribution in [2.75, 3.05) is 11.4 Å². The van der Waals surface area contributed by atoms with Crippen molar-refractivity contribution >= 4 is 17.4 Å². The highest BCUT2D eigenvalue weighted by Gasteiger charge is 2.38. The average Bonchev–Trinajstić information content (AvgIpc) is 2.83. The highest BCUT2D eigenvalue weighted by Crippen LogP contribution is 2.43. The highest BCUT2D eigenvalue weighted by molar-refractivity contribution is 6.01. The number of nitrogens with two attached hydrogens (primary N) is 1. The van der Waals surface area contributed by atoms with Gasteiger partial charge in [0.15, 0.2) is 0 Å². The van der Waals surface area contributed by atoms with Crippen molar-refractivity contribution in [3.8, 4) is 5.75 Å². The van der Waals surface area contributed by atoms with E-state index in [-0.39, 0.29) is 22.8 Å². The van der Waals surface area contributed by atoms with Crippen molar-refractivity contribution < 1.29 is 22.7 Å². The number of hydrogen-bond acceptors (Lipinski definition) is 4. The van der Waals surface area contributed by atoms with Gasteiger partial charge in [-0.15, -0.1) is 0 Å². The van der Waals surface area contributed by atoms with Gasteiger partial charge >= 0.3 is 6.18 Å². The third kappa shape index (κ3) is 6.26. The summed E-state index contributed by atoms with van der Waals surface area (Å²) >= 11 is 0. The maximum absolute atomic E-state index is 13.6. The molecule has 0 saturated carbocycles. The van der Waals surface area contributed by atoms with Crippen molar-refractivity contribution in [2.45, 2.75) is 82.7 Å². The molecule has 2 aromatic carbocycles. The summed E-state index contributed by atoms with van der Waals surface area (Å²) in [5.74, 6) is -0.353. The molecule has 9 heteroatoms. The summed E-state index contributed by atoms with van der Waals surface area (Å²) in [4.78, 5) is 15.0. The number of anilines is 1. The van der Waals surface area contributed by atoms with Crippen LogP contribution in [0.1, 0.15) is 81.6 Å². The van der Waals surface area contributed by atoms with Gasteiger partial charge in [-0.1, -0.05) is 37.5 Å². The number of nitrogens with zero attached hydrogens (tertiary/aromatic N) is 1. The van der Waals surface area contributed by atoms with E-state index >= 15 is 0 Å². The zero-order valence-corrected chi connectivity index (χ0v) is 21.3. The fourth-order valence-corrected chi connectivity index (χ4v) is 5.45. The van der Waals surface area contributed by atoms with Crippen LogP contribution in [0.5, 0.6) is 5.75 Å². The Morgan fingerprint density at radius 3 is 2.70 bits per heavy atom. The Bertz CT molecular complexity index is 1150. The molecule has 0 aliphatic carbocycles. The largest absolute Gasteiger partial charge is 0.474 e. The fourth-order valence-electron chi connectivity index (χ4n) is 5.45. The normalized spacial score (nSPS) is 23.9. The molecule has 0 radical (unpaired) electrons. The predicted octanol–water partition coefficient (Wildman–Crippen LogP) is 5.94. The molecule has 4 rings (SSSR count). The summed E-state index contributed by atoms with van der Waals surface area (Å²) < 4.78 is 46.3. The van der Waals surface area contributed by atoms with Crippen molar-refractivity contribution in [3.63, 3.8) is 0 Å². The van der Waals surface area contributed by atoms with Gasteiger partial charge in [0.1, 0.15) is 11.6 Å². The molecule has 0 aromatic heterocycles. The minimum atomic E-state index is -4.53. The lowest BCUT2D eigenvalue weighted by molar-refractivity contribution is -0.137. The molecule has 37 heavy (non-hydrogen) atoms. The van der Waals surface area contributed by atoms with E-state index in [2.05, 4.69) is 19.2 Å². The molecule has 6 nitrogen and oxygen atoms in total. The van der Waals surface area contributed by atoms with Crippen LogP contribution in [0.25, 0.3) is 0 Å². The standard InChI is InChI=1S/C28H35F3N4O2/c1-18-8-7-14-27(2,34-18)13-4-3-5-15-35-22-17-21(28(29,30)31)11-12-23(22)37-24(26(35)36)19-9-6-10-20(16-19)25(32)33/h6,9-12,16-18,24,34H,3-5,7-8,13-15H2,1-2H3,(H3,32,33)/t18-,24?,27+/m0/s1. The lowest BCUT2D eigenvalue weighted by Crippen LogP contribution is -2.50. The van der Waals surface area contributed by atoms with Gasteiger partial charge in [0, 0.05) is 29.3 Å². The topological polar surface area (TPSA) is 91.4 Å². The smallest absolute Gasteiger partial charge is 0.416 e. The van der Waals surface area contributed by atoms with Crippen molar-refractivity contribution in [1.29, 1.82) is 5.41 Å². The molecular formula is C28H35F3N4O2. The van der Waals surface area contributed by atoms with Crippen molar-refractivity contribution in [2.24, 2.45) is 5.73 Å². The Hall–Kier alpha value is -3.07. The molecule has 1 saturated heterocycles. The van der Waals surface area contributed by atoms with Gasteiger partial charge in [0.05, 0.1) is 11.3 Å². The first-order valence-corrected chi connectivity index (χ1v) is 12.9. The zero-order valence-electron chi connectivity index (χ0n) is 21.3. The summed E-state index contributed by atoms with van der Waals surface area (Å²) in [5, 5.41) is 11.4.